The van der Waals surface area contributed by atoms with Gasteiger partial charge in [-0.2, -0.15) is 0 Å². The number of diazo groups is 1. The lowest BCUT2D eigenvalue weighted by Crippen LogP contribution is -1.98. The highest BCUT2D eigenvalue weighted by atomic mass is 32.2. The van der Waals surface area contributed by atoms with E-state index in [4.69, 9.17) is 5.39 Å². The smallest absolute Gasteiger partial charge is 0.378 e. The van der Waals surface area contributed by atoms with Crippen molar-refractivity contribution < 1.29 is 13.5 Å². The molecule has 13 heavy (non-hydrogen) atoms. The fraction of sp³-hybridized carbons (Fsp3) is 0.143. The van der Waals surface area contributed by atoms with Gasteiger partial charge in [-0.25, -0.2) is 8.42 Å². The van der Waals surface area contributed by atoms with Crippen LogP contribution in [0, 0.1) is 5.39 Å². The zero-order valence-electron chi connectivity index (χ0n) is 6.76. The third-order valence-electron chi connectivity index (χ3n) is 1.47. The van der Waals surface area contributed by atoms with E-state index in [0.717, 1.165) is 18.4 Å². The number of rotatable bonds is 1. The zero-order valence-corrected chi connectivity index (χ0v) is 7.58. The van der Waals surface area contributed by atoms with Crippen LogP contribution < -0.4 is 5.11 Å². The van der Waals surface area contributed by atoms with Crippen LogP contribution in [0.3, 0.4) is 0 Å². The Morgan fingerprint density at radius 3 is 2.54 bits per heavy atom. The summed E-state index contributed by atoms with van der Waals surface area (Å²) < 4.78 is 22.0. The molecule has 1 aromatic rings. The highest BCUT2D eigenvalue weighted by Gasteiger charge is 2.13. The number of sulfone groups is 1. The van der Waals surface area contributed by atoms with Gasteiger partial charge in [0, 0.05) is 6.26 Å². The molecule has 0 unspecified atom stereocenters. The maximum Gasteiger partial charge on any atom is 0.378 e. The number of hydrogen-bond donors (Lipinski definition) is 0. The summed E-state index contributed by atoms with van der Waals surface area (Å²) in [4.78, 5) is 2.63. The minimum atomic E-state index is -3.36. The SMILES string of the molecule is CS(=O)(=O)c1ccc([O-])c([N+]#N)c1. The van der Waals surface area contributed by atoms with Gasteiger partial charge >= 0.3 is 5.69 Å². The molecule has 0 atom stereocenters. The van der Waals surface area contributed by atoms with Gasteiger partial charge in [-0.1, -0.05) is 6.07 Å². The van der Waals surface area contributed by atoms with Crippen molar-refractivity contribution in [1.29, 1.82) is 5.39 Å². The zero-order chi connectivity index (χ0) is 10.1. The Bertz CT molecular complexity index is 473. The highest BCUT2D eigenvalue weighted by molar-refractivity contribution is 7.90. The molecule has 0 saturated carbocycles. The van der Waals surface area contributed by atoms with E-state index in [1.165, 1.54) is 6.07 Å². The Balaban J connectivity index is 3.41. The highest BCUT2D eigenvalue weighted by Crippen LogP contribution is 2.26. The average Bonchev–Trinajstić information content (AvgIpc) is 2.03. The molecule has 5 nitrogen and oxygen atoms in total. The third-order valence-corrected chi connectivity index (χ3v) is 2.58. The van der Waals surface area contributed by atoms with E-state index < -0.39 is 15.6 Å². The first-order chi connectivity index (χ1) is 5.95. The second-order valence-corrected chi connectivity index (χ2v) is 4.52. The van der Waals surface area contributed by atoms with Crippen molar-refractivity contribution in [3.8, 4) is 5.75 Å². The van der Waals surface area contributed by atoms with E-state index in [1.54, 1.807) is 0 Å². The van der Waals surface area contributed by atoms with Crippen LogP contribution in [0.4, 0.5) is 5.69 Å². The lowest BCUT2D eigenvalue weighted by atomic mass is 10.3. The number of hydrogen-bond acceptors (Lipinski definition) is 4. The summed E-state index contributed by atoms with van der Waals surface area (Å²) in [6.07, 6.45) is 1.01. The summed E-state index contributed by atoms with van der Waals surface area (Å²) in [5.41, 5.74) is -0.275. The van der Waals surface area contributed by atoms with Gasteiger partial charge in [0.1, 0.15) is 0 Å². The van der Waals surface area contributed by atoms with Gasteiger partial charge in [-0.15, -0.1) is 0 Å². The Hall–Kier alpha value is -1.61. The molecule has 0 spiro atoms. The molecule has 0 aliphatic heterocycles. The minimum absolute atomic E-state index is 0.0418. The maximum atomic E-state index is 11.0. The van der Waals surface area contributed by atoms with E-state index in [0.29, 0.717) is 0 Å². The van der Waals surface area contributed by atoms with E-state index in [-0.39, 0.29) is 10.6 Å². The molecule has 0 radical (unpaired) electrons. The molecule has 0 N–H and O–H groups in total. The second-order valence-electron chi connectivity index (χ2n) is 2.50. The molecule has 0 aliphatic rings. The second kappa shape index (κ2) is 3.03. The monoisotopic (exact) mass is 198 g/mol. The van der Waals surface area contributed by atoms with Gasteiger partial charge in [0.15, 0.2) is 14.8 Å². The number of benzene rings is 1. The number of nitrogens with zero attached hydrogens (tertiary/aromatic N) is 2. The van der Waals surface area contributed by atoms with Crippen LogP contribution in [0.5, 0.6) is 5.75 Å². The van der Waals surface area contributed by atoms with Crippen LogP contribution in [-0.4, -0.2) is 14.7 Å². The van der Waals surface area contributed by atoms with Gasteiger partial charge < -0.3 is 5.11 Å². The summed E-state index contributed by atoms with van der Waals surface area (Å²) >= 11 is 0. The molecular weight excluding hydrogens is 192 g/mol. The fourth-order valence-corrected chi connectivity index (χ4v) is 1.45. The van der Waals surface area contributed by atoms with Gasteiger partial charge in [0.2, 0.25) is 5.39 Å². The molecule has 0 heterocycles. The Kier molecular flexibility index (Phi) is 2.21. The molecule has 0 aromatic heterocycles. The summed E-state index contributed by atoms with van der Waals surface area (Å²) in [5, 5.41) is 19.2. The van der Waals surface area contributed by atoms with Crippen molar-refractivity contribution in [2.24, 2.45) is 0 Å². The predicted molar refractivity (Wildman–Crippen MR) is 43.7 cm³/mol. The van der Waals surface area contributed by atoms with Crippen LogP contribution in [-0.2, 0) is 9.84 Å². The standard InChI is InChI=1S/C7H6N2O3S/c1-13(11,12)5-2-3-7(10)6(4-5)9-8/h2-4H,1H3. The molecule has 0 aliphatic carbocycles. The summed E-state index contributed by atoms with van der Waals surface area (Å²) in [6.45, 7) is 0. The first-order valence-corrected chi connectivity index (χ1v) is 5.20. The average molecular weight is 198 g/mol. The molecule has 1 aromatic carbocycles. The summed E-state index contributed by atoms with van der Waals surface area (Å²) in [6, 6.07) is 3.25. The molecule has 0 fully saturated rings. The van der Waals surface area contributed by atoms with Crippen molar-refractivity contribution in [3.05, 3.63) is 23.2 Å². The lowest BCUT2D eigenvalue weighted by molar-refractivity contribution is -0.266. The molecule has 68 valence electrons. The minimum Gasteiger partial charge on any atom is -0.867 e. The van der Waals surface area contributed by atoms with Crippen LogP contribution >= 0.6 is 0 Å². The largest absolute Gasteiger partial charge is 0.867 e. The van der Waals surface area contributed by atoms with Gasteiger partial charge in [0.25, 0.3) is 0 Å². The Morgan fingerprint density at radius 1 is 1.46 bits per heavy atom. The fourth-order valence-electron chi connectivity index (χ4n) is 0.806. The molecule has 1 rings (SSSR count). The lowest BCUT2D eigenvalue weighted by Gasteiger charge is -2.01. The maximum absolute atomic E-state index is 11.0. The quantitative estimate of drug-likeness (QED) is 0.620. The van der Waals surface area contributed by atoms with Crippen LogP contribution in [0.2, 0.25) is 0 Å². The van der Waals surface area contributed by atoms with Crippen molar-refractivity contribution in [2.45, 2.75) is 4.90 Å². The van der Waals surface area contributed by atoms with Crippen molar-refractivity contribution in [3.63, 3.8) is 0 Å². The van der Waals surface area contributed by atoms with Gasteiger partial charge in [0.05, 0.1) is 11.0 Å². The molecule has 0 saturated heterocycles. The summed E-state index contributed by atoms with van der Waals surface area (Å²) in [7, 11) is -3.36. The Labute approximate surface area is 75.2 Å². The van der Waals surface area contributed by atoms with E-state index in [9.17, 15) is 13.5 Å². The topological polar surface area (TPSA) is 85.3 Å². The van der Waals surface area contributed by atoms with Gasteiger partial charge in [-0.05, 0) is 11.8 Å². The van der Waals surface area contributed by atoms with E-state index in [2.05, 4.69) is 4.98 Å². The molecule has 0 amide bonds. The first kappa shape index (κ1) is 9.48. The van der Waals surface area contributed by atoms with Gasteiger partial charge in [-0.3, -0.25) is 0 Å². The van der Waals surface area contributed by atoms with E-state index in [1.807, 2.05) is 0 Å². The predicted octanol–water partition coefficient (Wildman–Crippen LogP) is 0.648. The van der Waals surface area contributed by atoms with E-state index >= 15 is 0 Å². The Morgan fingerprint density at radius 2 is 2.08 bits per heavy atom. The third kappa shape index (κ3) is 1.95. The summed E-state index contributed by atoms with van der Waals surface area (Å²) in [5.74, 6) is -0.519. The molecule has 6 heteroatoms. The van der Waals surface area contributed by atoms with Crippen molar-refractivity contribution >= 4 is 15.5 Å². The normalized spacial score (nSPS) is 10.8. The van der Waals surface area contributed by atoms with Crippen LogP contribution in [0.1, 0.15) is 0 Å². The van der Waals surface area contributed by atoms with Crippen LogP contribution in [0.25, 0.3) is 4.98 Å². The van der Waals surface area contributed by atoms with Crippen LogP contribution in [0.15, 0.2) is 23.1 Å². The van der Waals surface area contributed by atoms with Crippen molar-refractivity contribution in [1.82, 2.24) is 0 Å². The molecule has 0 bridgehead atoms. The molecular formula is C7H6N2O3S. The van der Waals surface area contributed by atoms with Crippen molar-refractivity contribution in [2.75, 3.05) is 6.26 Å². The first-order valence-electron chi connectivity index (χ1n) is 3.31.